The normalized spacial score (nSPS) is 12.0. The molecule has 0 spiro atoms. The van der Waals surface area contributed by atoms with Gasteiger partial charge in [-0.1, -0.05) is 17.3 Å². The highest BCUT2D eigenvalue weighted by Gasteiger charge is 2.11. The first-order valence-corrected chi connectivity index (χ1v) is 7.99. The van der Waals surface area contributed by atoms with Crippen LogP contribution in [0.5, 0.6) is 0 Å². The molecule has 25 heavy (non-hydrogen) atoms. The first kappa shape index (κ1) is 16.7. The van der Waals surface area contributed by atoms with Crippen LogP contribution in [0.4, 0.5) is 10.5 Å². The van der Waals surface area contributed by atoms with Crippen molar-refractivity contribution in [1.29, 1.82) is 0 Å². The molecule has 0 aliphatic rings. The summed E-state index contributed by atoms with van der Waals surface area (Å²) in [6, 6.07) is 8.92. The molecule has 0 fully saturated rings. The fourth-order valence-corrected chi connectivity index (χ4v) is 2.49. The third kappa shape index (κ3) is 4.43. The molecular weight excluding hydrogens is 320 g/mol. The standard InChI is InChI=1S/C17H20N6O2/c1-10(7-15-8-11(2)21-22-15)18-17(24)20-14-6-4-5-13(9-14)16-19-12(3)25-23-16/h4-6,8-10H,7H2,1-3H3,(H,21,22)(H2,18,20,24)/t10-/m1/s1. The van der Waals surface area contributed by atoms with Crippen LogP contribution in [-0.4, -0.2) is 32.4 Å². The summed E-state index contributed by atoms with van der Waals surface area (Å²) in [6.07, 6.45) is 0.653. The van der Waals surface area contributed by atoms with Crippen LogP contribution in [0.2, 0.25) is 0 Å². The van der Waals surface area contributed by atoms with E-state index in [1.807, 2.05) is 32.0 Å². The highest BCUT2D eigenvalue weighted by atomic mass is 16.5. The Morgan fingerprint density at radius 3 is 2.84 bits per heavy atom. The van der Waals surface area contributed by atoms with Crippen LogP contribution in [0.15, 0.2) is 34.9 Å². The van der Waals surface area contributed by atoms with E-state index in [0.717, 1.165) is 17.0 Å². The van der Waals surface area contributed by atoms with Gasteiger partial charge in [-0.3, -0.25) is 5.10 Å². The van der Waals surface area contributed by atoms with Gasteiger partial charge in [0.25, 0.3) is 0 Å². The Morgan fingerprint density at radius 1 is 1.32 bits per heavy atom. The Hall–Kier alpha value is -3.16. The van der Waals surface area contributed by atoms with Crippen molar-refractivity contribution in [2.24, 2.45) is 0 Å². The van der Waals surface area contributed by atoms with Crippen LogP contribution < -0.4 is 10.6 Å². The van der Waals surface area contributed by atoms with Crippen LogP contribution in [0.3, 0.4) is 0 Å². The number of carbonyl (C=O) groups is 1. The topological polar surface area (TPSA) is 109 Å². The smallest absolute Gasteiger partial charge is 0.319 e. The van der Waals surface area contributed by atoms with Gasteiger partial charge in [-0.25, -0.2) is 4.79 Å². The van der Waals surface area contributed by atoms with Gasteiger partial charge in [0.15, 0.2) is 0 Å². The number of nitrogens with one attached hydrogen (secondary N) is 3. The van der Waals surface area contributed by atoms with Crippen LogP contribution in [0.25, 0.3) is 11.4 Å². The van der Waals surface area contributed by atoms with Crippen molar-refractivity contribution in [2.45, 2.75) is 33.2 Å². The molecule has 0 saturated heterocycles. The minimum Gasteiger partial charge on any atom is -0.339 e. The second-order valence-electron chi connectivity index (χ2n) is 5.96. The number of hydrogen-bond donors (Lipinski definition) is 3. The largest absolute Gasteiger partial charge is 0.339 e. The third-order valence-electron chi connectivity index (χ3n) is 3.56. The Kier molecular flexibility index (Phi) is 4.78. The fourth-order valence-electron chi connectivity index (χ4n) is 2.49. The second-order valence-corrected chi connectivity index (χ2v) is 5.96. The number of aryl methyl sites for hydroxylation is 2. The average Bonchev–Trinajstić information content (AvgIpc) is 3.16. The number of aromatic amines is 1. The van der Waals surface area contributed by atoms with Crippen molar-refractivity contribution in [3.63, 3.8) is 0 Å². The molecule has 3 aromatic rings. The summed E-state index contributed by atoms with van der Waals surface area (Å²) in [5.74, 6) is 0.984. The molecule has 8 nitrogen and oxygen atoms in total. The molecule has 0 radical (unpaired) electrons. The summed E-state index contributed by atoms with van der Waals surface area (Å²) in [5.41, 5.74) is 3.34. The Morgan fingerprint density at radius 2 is 2.16 bits per heavy atom. The maximum atomic E-state index is 12.2. The number of urea groups is 1. The molecule has 0 saturated carbocycles. The first-order chi connectivity index (χ1) is 12.0. The van der Waals surface area contributed by atoms with Crippen molar-refractivity contribution in [2.75, 3.05) is 5.32 Å². The van der Waals surface area contributed by atoms with Gasteiger partial charge in [-0.05, 0) is 32.0 Å². The lowest BCUT2D eigenvalue weighted by Gasteiger charge is -2.13. The van der Waals surface area contributed by atoms with Gasteiger partial charge in [-0.2, -0.15) is 10.1 Å². The van der Waals surface area contributed by atoms with Crippen LogP contribution in [-0.2, 0) is 6.42 Å². The highest BCUT2D eigenvalue weighted by molar-refractivity contribution is 5.90. The molecular formula is C17H20N6O2. The molecule has 130 valence electrons. The Bertz CT molecular complexity index is 869. The van der Waals surface area contributed by atoms with E-state index in [1.54, 1.807) is 19.1 Å². The zero-order valence-corrected chi connectivity index (χ0v) is 14.3. The summed E-state index contributed by atoms with van der Waals surface area (Å²) in [6.45, 7) is 5.61. The van der Waals surface area contributed by atoms with Crippen LogP contribution in [0.1, 0.15) is 24.2 Å². The third-order valence-corrected chi connectivity index (χ3v) is 3.56. The predicted molar refractivity (Wildman–Crippen MR) is 93.1 cm³/mol. The van der Waals surface area contributed by atoms with Crippen molar-refractivity contribution in [1.82, 2.24) is 25.7 Å². The SMILES string of the molecule is Cc1cc(C[C@@H](C)NC(=O)Nc2cccc(-c3noc(C)n3)c2)n[nH]1. The van der Waals surface area contributed by atoms with E-state index in [9.17, 15) is 4.79 Å². The lowest BCUT2D eigenvalue weighted by Crippen LogP contribution is -2.37. The number of hydrogen-bond acceptors (Lipinski definition) is 5. The molecule has 1 atom stereocenters. The number of benzene rings is 1. The number of aromatic nitrogens is 4. The zero-order chi connectivity index (χ0) is 17.8. The predicted octanol–water partition coefficient (Wildman–Crippen LogP) is 2.83. The number of H-pyrrole nitrogens is 1. The zero-order valence-electron chi connectivity index (χ0n) is 14.3. The minimum absolute atomic E-state index is 0.0502. The molecule has 8 heteroatoms. The van der Waals surface area contributed by atoms with Crippen LogP contribution in [0, 0.1) is 13.8 Å². The van der Waals surface area contributed by atoms with Crippen LogP contribution >= 0.6 is 0 Å². The number of anilines is 1. The summed E-state index contributed by atoms with van der Waals surface area (Å²) in [4.78, 5) is 16.4. The second kappa shape index (κ2) is 7.16. The molecule has 0 unspecified atom stereocenters. The molecule has 3 N–H and O–H groups in total. The average molecular weight is 340 g/mol. The number of rotatable bonds is 5. The Balaban J connectivity index is 1.59. The molecule has 0 bridgehead atoms. The highest BCUT2D eigenvalue weighted by Crippen LogP contribution is 2.19. The quantitative estimate of drug-likeness (QED) is 0.662. The van der Waals surface area contributed by atoms with Gasteiger partial charge in [0.2, 0.25) is 11.7 Å². The lowest BCUT2D eigenvalue weighted by molar-refractivity contribution is 0.249. The van der Waals surface area contributed by atoms with Gasteiger partial charge >= 0.3 is 6.03 Å². The van der Waals surface area contributed by atoms with E-state index in [2.05, 4.69) is 31.0 Å². The molecule has 1 aromatic carbocycles. The summed E-state index contributed by atoms with van der Waals surface area (Å²) < 4.78 is 4.98. The summed E-state index contributed by atoms with van der Waals surface area (Å²) in [7, 11) is 0. The van der Waals surface area contributed by atoms with E-state index in [4.69, 9.17) is 4.52 Å². The van der Waals surface area contributed by atoms with E-state index in [-0.39, 0.29) is 12.1 Å². The first-order valence-electron chi connectivity index (χ1n) is 7.99. The lowest BCUT2D eigenvalue weighted by atomic mass is 10.2. The summed E-state index contributed by atoms with van der Waals surface area (Å²) in [5, 5.41) is 16.7. The fraction of sp³-hybridized carbons (Fsp3) is 0.294. The minimum atomic E-state index is -0.277. The molecule has 2 heterocycles. The van der Waals surface area contributed by atoms with Gasteiger partial charge < -0.3 is 15.2 Å². The number of amides is 2. The van der Waals surface area contributed by atoms with Gasteiger partial charge in [-0.15, -0.1) is 0 Å². The molecule has 3 rings (SSSR count). The van der Waals surface area contributed by atoms with E-state index < -0.39 is 0 Å². The molecule has 2 aromatic heterocycles. The van der Waals surface area contributed by atoms with Crippen molar-refractivity contribution in [3.05, 3.63) is 47.6 Å². The van der Waals surface area contributed by atoms with Crippen molar-refractivity contribution in [3.8, 4) is 11.4 Å². The van der Waals surface area contributed by atoms with Crippen molar-refractivity contribution >= 4 is 11.7 Å². The van der Waals surface area contributed by atoms with Crippen molar-refractivity contribution < 1.29 is 9.32 Å². The maximum absolute atomic E-state index is 12.2. The Labute approximate surface area is 145 Å². The van der Waals surface area contributed by atoms with E-state index in [0.29, 0.717) is 23.8 Å². The molecule has 2 amide bonds. The molecule has 0 aliphatic heterocycles. The van der Waals surface area contributed by atoms with E-state index >= 15 is 0 Å². The van der Waals surface area contributed by atoms with Gasteiger partial charge in [0.05, 0.1) is 5.69 Å². The van der Waals surface area contributed by atoms with Gasteiger partial charge in [0.1, 0.15) is 0 Å². The molecule has 0 aliphatic carbocycles. The van der Waals surface area contributed by atoms with Gasteiger partial charge in [0, 0.05) is 36.3 Å². The monoisotopic (exact) mass is 340 g/mol. The van der Waals surface area contributed by atoms with E-state index in [1.165, 1.54) is 0 Å². The number of nitrogens with zero attached hydrogens (tertiary/aromatic N) is 3. The number of carbonyl (C=O) groups excluding carboxylic acids is 1. The summed E-state index contributed by atoms with van der Waals surface area (Å²) >= 11 is 0. The maximum Gasteiger partial charge on any atom is 0.319 e.